The molecule has 2 aromatic rings. The van der Waals surface area contributed by atoms with Gasteiger partial charge in [0.15, 0.2) is 0 Å². The molecule has 1 saturated carbocycles. The number of nitriles is 1. The first-order chi connectivity index (χ1) is 15.2. The fourth-order valence-electron chi connectivity index (χ4n) is 3.57. The summed E-state index contributed by atoms with van der Waals surface area (Å²) in [5, 5.41) is 11.7. The third-order valence-electron chi connectivity index (χ3n) is 5.26. The first-order valence-corrected chi connectivity index (χ1v) is 10.8. The van der Waals surface area contributed by atoms with Gasteiger partial charge < -0.3 is 15.0 Å². The highest BCUT2D eigenvalue weighted by atomic mass is 16.5. The van der Waals surface area contributed by atoms with Crippen molar-refractivity contribution < 1.29 is 14.3 Å². The molecule has 7 heteroatoms. The lowest BCUT2D eigenvalue weighted by Gasteiger charge is -2.21. The lowest BCUT2D eigenvalue weighted by atomic mass is 10.2. The molecule has 31 heavy (non-hydrogen) atoms. The standard InChI is InChI=1S/C24H28N4O3/c25-15-6-16-28(20-7-2-1-3-8-20)24(30)14-12-22(29)26-17-19-11-13-23(27-18-19)31-21-9-4-5-10-21/h1-3,7-8,11,13,18,21H,4-6,9-10,12,14,16-17H2,(H,26,29). The average molecular weight is 421 g/mol. The van der Waals surface area contributed by atoms with Gasteiger partial charge in [0.1, 0.15) is 6.10 Å². The van der Waals surface area contributed by atoms with E-state index in [1.54, 1.807) is 11.1 Å². The fraction of sp³-hybridized carbons (Fsp3) is 0.417. The number of benzene rings is 1. The summed E-state index contributed by atoms with van der Waals surface area (Å²) in [5.41, 5.74) is 1.60. The minimum atomic E-state index is -0.201. The Labute approximate surface area is 183 Å². The van der Waals surface area contributed by atoms with E-state index in [1.165, 1.54) is 12.8 Å². The Morgan fingerprint density at radius 3 is 2.58 bits per heavy atom. The topological polar surface area (TPSA) is 95.3 Å². The number of hydrogen-bond donors (Lipinski definition) is 1. The summed E-state index contributed by atoms with van der Waals surface area (Å²) in [4.78, 5) is 30.7. The smallest absolute Gasteiger partial charge is 0.227 e. The van der Waals surface area contributed by atoms with Gasteiger partial charge in [0.05, 0.1) is 12.5 Å². The molecule has 0 aliphatic heterocycles. The SMILES string of the molecule is N#CCCN(C(=O)CCC(=O)NCc1ccc(OC2CCCC2)nc1)c1ccccc1. The second-order valence-corrected chi connectivity index (χ2v) is 7.59. The number of nitrogens with zero attached hydrogens (tertiary/aromatic N) is 3. The van der Waals surface area contributed by atoms with E-state index < -0.39 is 0 Å². The average Bonchev–Trinajstić information content (AvgIpc) is 3.31. The Morgan fingerprint density at radius 1 is 1.13 bits per heavy atom. The van der Waals surface area contributed by atoms with Crippen LogP contribution in [0.5, 0.6) is 5.88 Å². The monoisotopic (exact) mass is 420 g/mol. The second-order valence-electron chi connectivity index (χ2n) is 7.59. The fourth-order valence-corrected chi connectivity index (χ4v) is 3.57. The normalized spacial score (nSPS) is 13.4. The van der Waals surface area contributed by atoms with Crippen molar-refractivity contribution in [3.63, 3.8) is 0 Å². The number of carbonyl (C=O) groups excluding carboxylic acids is 2. The number of nitrogens with one attached hydrogen (secondary N) is 1. The molecule has 0 unspecified atom stereocenters. The summed E-state index contributed by atoms with van der Waals surface area (Å²) >= 11 is 0. The molecule has 1 heterocycles. The maximum absolute atomic E-state index is 12.6. The van der Waals surface area contributed by atoms with Crippen LogP contribution < -0.4 is 15.0 Å². The highest BCUT2D eigenvalue weighted by molar-refractivity contribution is 5.95. The van der Waals surface area contributed by atoms with Crippen molar-refractivity contribution in [1.82, 2.24) is 10.3 Å². The van der Waals surface area contributed by atoms with E-state index in [0.717, 1.165) is 24.1 Å². The molecule has 0 atom stereocenters. The van der Waals surface area contributed by atoms with Crippen LogP contribution in [0.25, 0.3) is 0 Å². The van der Waals surface area contributed by atoms with Crippen LogP contribution in [0.2, 0.25) is 0 Å². The maximum atomic E-state index is 12.6. The molecular formula is C24H28N4O3. The predicted molar refractivity (Wildman–Crippen MR) is 117 cm³/mol. The molecular weight excluding hydrogens is 392 g/mol. The largest absolute Gasteiger partial charge is 0.474 e. The van der Waals surface area contributed by atoms with Crippen LogP contribution in [-0.4, -0.2) is 29.4 Å². The first-order valence-electron chi connectivity index (χ1n) is 10.8. The number of pyridine rings is 1. The molecule has 1 fully saturated rings. The molecule has 1 aliphatic rings. The van der Waals surface area contributed by atoms with Crippen LogP contribution in [0.1, 0.15) is 50.5 Å². The zero-order valence-electron chi connectivity index (χ0n) is 17.6. The molecule has 2 amide bonds. The van der Waals surface area contributed by atoms with Crippen LogP contribution in [0.4, 0.5) is 5.69 Å². The summed E-state index contributed by atoms with van der Waals surface area (Å²) in [6.45, 7) is 0.655. The van der Waals surface area contributed by atoms with Gasteiger partial charge in [0.2, 0.25) is 17.7 Å². The van der Waals surface area contributed by atoms with Gasteiger partial charge in [-0.05, 0) is 43.4 Å². The summed E-state index contributed by atoms with van der Waals surface area (Å²) in [7, 11) is 0. The number of amides is 2. The van der Waals surface area contributed by atoms with Crippen molar-refractivity contribution in [2.24, 2.45) is 0 Å². The molecule has 3 rings (SSSR count). The first kappa shape index (κ1) is 22.3. The van der Waals surface area contributed by atoms with E-state index in [1.807, 2.05) is 42.5 Å². The van der Waals surface area contributed by atoms with Crippen LogP contribution in [-0.2, 0) is 16.1 Å². The van der Waals surface area contributed by atoms with Crippen LogP contribution in [0.3, 0.4) is 0 Å². The summed E-state index contributed by atoms with van der Waals surface area (Å²) < 4.78 is 5.85. The highest BCUT2D eigenvalue weighted by Gasteiger charge is 2.18. The van der Waals surface area contributed by atoms with Crippen molar-refractivity contribution >= 4 is 17.5 Å². The number of anilines is 1. The summed E-state index contributed by atoms with van der Waals surface area (Å²) in [6, 6.07) is 15.0. The summed E-state index contributed by atoms with van der Waals surface area (Å²) in [6.07, 6.45) is 6.95. The van der Waals surface area contributed by atoms with Crippen LogP contribution in [0.15, 0.2) is 48.7 Å². The Morgan fingerprint density at radius 2 is 1.90 bits per heavy atom. The minimum Gasteiger partial charge on any atom is -0.474 e. The number of aromatic nitrogens is 1. The molecule has 1 N–H and O–H groups in total. The van der Waals surface area contributed by atoms with Crippen molar-refractivity contribution in [3.8, 4) is 11.9 Å². The van der Waals surface area contributed by atoms with Gasteiger partial charge in [-0.15, -0.1) is 0 Å². The van der Waals surface area contributed by atoms with E-state index in [9.17, 15) is 9.59 Å². The molecule has 0 spiro atoms. The van der Waals surface area contributed by atoms with Gasteiger partial charge in [0.25, 0.3) is 0 Å². The second kappa shape index (κ2) is 11.7. The van der Waals surface area contributed by atoms with Gasteiger partial charge in [-0.25, -0.2) is 4.98 Å². The predicted octanol–water partition coefficient (Wildman–Crippen LogP) is 3.75. The van der Waals surface area contributed by atoms with Gasteiger partial charge in [-0.1, -0.05) is 24.3 Å². The zero-order chi connectivity index (χ0) is 21.9. The highest BCUT2D eigenvalue weighted by Crippen LogP contribution is 2.23. The zero-order valence-corrected chi connectivity index (χ0v) is 17.6. The van der Waals surface area contributed by atoms with E-state index in [2.05, 4.69) is 16.4 Å². The molecule has 1 aromatic carbocycles. The Kier molecular flexibility index (Phi) is 8.41. The lowest BCUT2D eigenvalue weighted by molar-refractivity contribution is -0.125. The van der Waals surface area contributed by atoms with Crippen molar-refractivity contribution in [3.05, 3.63) is 54.2 Å². The molecule has 162 valence electrons. The molecule has 0 bridgehead atoms. The van der Waals surface area contributed by atoms with Crippen LogP contribution in [0, 0.1) is 11.3 Å². The quantitative estimate of drug-likeness (QED) is 0.632. The molecule has 7 nitrogen and oxygen atoms in total. The van der Waals surface area contributed by atoms with E-state index in [0.29, 0.717) is 19.0 Å². The lowest BCUT2D eigenvalue weighted by Crippen LogP contribution is -2.33. The van der Waals surface area contributed by atoms with Gasteiger partial charge >= 0.3 is 0 Å². The van der Waals surface area contributed by atoms with Crippen molar-refractivity contribution in [2.75, 3.05) is 11.4 Å². The number of carbonyl (C=O) groups is 2. The Balaban J connectivity index is 1.43. The number of para-hydroxylation sites is 1. The molecule has 1 aliphatic carbocycles. The Bertz CT molecular complexity index is 887. The van der Waals surface area contributed by atoms with Gasteiger partial charge in [-0.3, -0.25) is 9.59 Å². The third kappa shape index (κ3) is 7.10. The van der Waals surface area contributed by atoms with E-state index >= 15 is 0 Å². The van der Waals surface area contributed by atoms with Crippen molar-refractivity contribution in [2.45, 2.75) is 57.6 Å². The molecule has 0 saturated heterocycles. The molecule has 0 radical (unpaired) electrons. The van der Waals surface area contributed by atoms with Gasteiger partial charge in [-0.2, -0.15) is 5.26 Å². The Hall–Kier alpha value is -3.40. The number of ether oxygens (including phenoxy) is 1. The number of rotatable bonds is 10. The van der Waals surface area contributed by atoms with Crippen LogP contribution >= 0.6 is 0 Å². The third-order valence-corrected chi connectivity index (χ3v) is 5.26. The van der Waals surface area contributed by atoms with Gasteiger partial charge in [0, 0.05) is 43.9 Å². The van der Waals surface area contributed by atoms with Crippen molar-refractivity contribution in [1.29, 1.82) is 5.26 Å². The molecule has 1 aromatic heterocycles. The summed E-state index contributed by atoms with van der Waals surface area (Å²) in [5.74, 6) is 0.241. The van der Waals surface area contributed by atoms with E-state index in [-0.39, 0.29) is 37.2 Å². The minimum absolute atomic E-state index is 0.0819. The number of hydrogen-bond acceptors (Lipinski definition) is 5. The maximum Gasteiger partial charge on any atom is 0.227 e. The van der Waals surface area contributed by atoms with E-state index in [4.69, 9.17) is 10.00 Å².